The van der Waals surface area contributed by atoms with Crippen LogP contribution in [0.15, 0.2) is 24.3 Å². The van der Waals surface area contributed by atoms with Crippen molar-refractivity contribution in [1.82, 2.24) is 5.32 Å². The first-order chi connectivity index (χ1) is 8.13. The molecule has 17 heavy (non-hydrogen) atoms. The van der Waals surface area contributed by atoms with E-state index in [0.29, 0.717) is 11.3 Å². The summed E-state index contributed by atoms with van der Waals surface area (Å²) in [6, 6.07) is 6.66. The first-order valence-electron chi connectivity index (χ1n) is 5.07. The van der Waals surface area contributed by atoms with E-state index in [1.807, 2.05) is 0 Å². The summed E-state index contributed by atoms with van der Waals surface area (Å²) in [6.45, 7) is 1.53. The second-order valence-corrected chi connectivity index (χ2v) is 3.35. The van der Waals surface area contributed by atoms with Gasteiger partial charge >= 0.3 is 0 Å². The summed E-state index contributed by atoms with van der Waals surface area (Å²) in [4.78, 5) is 22.3. The molecule has 0 spiro atoms. The predicted octanol–water partition coefficient (Wildman–Crippen LogP) is 1.02. The number of terminal acetylenes is 1. The Balaban J connectivity index is 2.52. The van der Waals surface area contributed by atoms with Crippen molar-refractivity contribution in [3.63, 3.8) is 0 Å². The molecule has 1 rings (SSSR count). The number of rotatable bonds is 5. The lowest BCUT2D eigenvalue weighted by Gasteiger charge is -2.06. The van der Waals surface area contributed by atoms with Crippen LogP contribution in [0.3, 0.4) is 0 Å². The molecular formula is C13H13NO3. The Morgan fingerprint density at radius 2 is 2.24 bits per heavy atom. The average molecular weight is 231 g/mol. The zero-order valence-electron chi connectivity index (χ0n) is 9.53. The zero-order valence-corrected chi connectivity index (χ0v) is 9.53. The summed E-state index contributed by atoms with van der Waals surface area (Å²) < 4.78 is 5.22. The maximum absolute atomic E-state index is 11.2. The lowest BCUT2D eigenvalue weighted by molar-refractivity contribution is -0.122. The molecule has 1 amide bonds. The maximum atomic E-state index is 11.2. The summed E-state index contributed by atoms with van der Waals surface area (Å²) in [5, 5.41) is 2.47. The van der Waals surface area contributed by atoms with Crippen molar-refractivity contribution in [3.8, 4) is 18.1 Å². The van der Waals surface area contributed by atoms with Gasteiger partial charge in [0.1, 0.15) is 5.75 Å². The number of ketones is 1. The van der Waals surface area contributed by atoms with Crippen LogP contribution in [0.2, 0.25) is 0 Å². The second kappa shape index (κ2) is 6.33. The van der Waals surface area contributed by atoms with Gasteiger partial charge in [0.05, 0.1) is 6.54 Å². The van der Waals surface area contributed by atoms with E-state index in [0.717, 1.165) is 0 Å². The van der Waals surface area contributed by atoms with Crippen LogP contribution in [0, 0.1) is 12.3 Å². The topological polar surface area (TPSA) is 55.4 Å². The SMILES string of the molecule is C#CCNC(=O)COc1cccc(C(C)=O)c1. The van der Waals surface area contributed by atoms with Crippen LogP contribution in [0.1, 0.15) is 17.3 Å². The highest BCUT2D eigenvalue weighted by Gasteiger charge is 2.03. The van der Waals surface area contributed by atoms with Gasteiger partial charge in [-0.2, -0.15) is 0 Å². The van der Waals surface area contributed by atoms with Crippen LogP contribution in [0.5, 0.6) is 5.75 Å². The van der Waals surface area contributed by atoms with Gasteiger partial charge in [-0.1, -0.05) is 18.1 Å². The molecule has 1 aromatic rings. The molecule has 0 unspecified atom stereocenters. The Morgan fingerprint density at radius 3 is 2.88 bits per heavy atom. The lowest BCUT2D eigenvalue weighted by Crippen LogP contribution is -2.29. The van der Waals surface area contributed by atoms with Crippen LogP contribution >= 0.6 is 0 Å². The highest BCUT2D eigenvalue weighted by atomic mass is 16.5. The number of Topliss-reactive ketones (excluding diaryl/α,β-unsaturated/α-hetero) is 1. The molecule has 1 aromatic carbocycles. The average Bonchev–Trinajstić information content (AvgIpc) is 2.34. The van der Waals surface area contributed by atoms with E-state index >= 15 is 0 Å². The third-order valence-corrected chi connectivity index (χ3v) is 2.00. The normalized spacial score (nSPS) is 9.18. The van der Waals surface area contributed by atoms with Gasteiger partial charge < -0.3 is 10.1 Å². The third kappa shape index (κ3) is 4.39. The number of carbonyl (C=O) groups excluding carboxylic acids is 2. The monoisotopic (exact) mass is 231 g/mol. The number of hydrogen-bond acceptors (Lipinski definition) is 3. The second-order valence-electron chi connectivity index (χ2n) is 3.35. The number of carbonyl (C=O) groups is 2. The van der Waals surface area contributed by atoms with E-state index in [9.17, 15) is 9.59 Å². The molecule has 0 heterocycles. The van der Waals surface area contributed by atoms with Crippen molar-refractivity contribution < 1.29 is 14.3 Å². The van der Waals surface area contributed by atoms with Crippen molar-refractivity contribution in [2.24, 2.45) is 0 Å². The van der Waals surface area contributed by atoms with Crippen molar-refractivity contribution in [3.05, 3.63) is 29.8 Å². The van der Waals surface area contributed by atoms with E-state index in [-0.39, 0.29) is 24.8 Å². The van der Waals surface area contributed by atoms with Gasteiger partial charge in [-0.05, 0) is 19.1 Å². The first-order valence-corrected chi connectivity index (χ1v) is 5.07. The summed E-state index contributed by atoms with van der Waals surface area (Å²) in [6.07, 6.45) is 4.99. The van der Waals surface area contributed by atoms with Crippen LogP contribution < -0.4 is 10.1 Å². The van der Waals surface area contributed by atoms with E-state index < -0.39 is 0 Å². The Labute approximate surface area is 100.0 Å². The van der Waals surface area contributed by atoms with Gasteiger partial charge in [0.15, 0.2) is 12.4 Å². The molecule has 0 atom stereocenters. The van der Waals surface area contributed by atoms with Crippen molar-refractivity contribution >= 4 is 11.7 Å². The van der Waals surface area contributed by atoms with E-state index in [2.05, 4.69) is 11.2 Å². The number of amides is 1. The van der Waals surface area contributed by atoms with Gasteiger partial charge in [0, 0.05) is 5.56 Å². The van der Waals surface area contributed by atoms with Crippen LogP contribution in [-0.4, -0.2) is 24.8 Å². The van der Waals surface area contributed by atoms with Crippen molar-refractivity contribution in [2.75, 3.05) is 13.2 Å². The van der Waals surface area contributed by atoms with Gasteiger partial charge in [-0.25, -0.2) is 0 Å². The molecule has 4 nitrogen and oxygen atoms in total. The standard InChI is InChI=1S/C13H13NO3/c1-3-7-14-13(16)9-17-12-6-4-5-11(8-12)10(2)15/h1,4-6,8H,7,9H2,2H3,(H,14,16). The Morgan fingerprint density at radius 1 is 1.47 bits per heavy atom. The molecular weight excluding hydrogens is 218 g/mol. The van der Waals surface area contributed by atoms with Crippen molar-refractivity contribution in [2.45, 2.75) is 6.92 Å². The summed E-state index contributed by atoms with van der Waals surface area (Å²) in [5.74, 6) is 2.42. The van der Waals surface area contributed by atoms with Gasteiger partial charge in [0.25, 0.3) is 5.91 Å². The number of hydrogen-bond donors (Lipinski definition) is 1. The van der Waals surface area contributed by atoms with E-state index in [1.54, 1.807) is 24.3 Å². The Kier molecular flexibility index (Phi) is 4.77. The number of nitrogens with one attached hydrogen (secondary N) is 1. The molecule has 0 saturated carbocycles. The number of benzene rings is 1. The molecule has 0 aromatic heterocycles. The molecule has 0 radical (unpaired) electrons. The quantitative estimate of drug-likeness (QED) is 0.608. The van der Waals surface area contributed by atoms with Crippen LogP contribution in [0.4, 0.5) is 0 Å². The predicted molar refractivity (Wildman–Crippen MR) is 63.8 cm³/mol. The Bertz CT molecular complexity index is 460. The molecule has 88 valence electrons. The molecule has 1 N–H and O–H groups in total. The van der Waals surface area contributed by atoms with Crippen molar-refractivity contribution in [1.29, 1.82) is 0 Å². The summed E-state index contributed by atoms with van der Waals surface area (Å²) >= 11 is 0. The highest BCUT2D eigenvalue weighted by molar-refractivity contribution is 5.94. The maximum Gasteiger partial charge on any atom is 0.258 e. The molecule has 0 saturated heterocycles. The fraction of sp³-hybridized carbons (Fsp3) is 0.231. The molecule has 4 heteroatoms. The van der Waals surface area contributed by atoms with Crippen LogP contribution in [0.25, 0.3) is 0 Å². The summed E-state index contributed by atoms with van der Waals surface area (Å²) in [5.41, 5.74) is 0.548. The van der Waals surface area contributed by atoms with E-state index in [4.69, 9.17) is 11.2 Å². The minimum atomic E-state index is -0.295. The van der Waals surface area contributed by atoms with Crippen LogP contribution in [-0.2, 0) is 4.79 Å². The summed E-state index contributed by atoms with van der Waals surface area (Å²) in [7, 11) is 0. The molecule has 0 fully saturated rings. The minimum Gasteiger partial charge on any atom is -0.484 e. The van der Waals surface area contributed by atoms with Gasteiger partial charge in [0.2, 0.25) is 0 Å². The first kappa shape index (κ1) is 12.8. The third-order valence-electron chi connectivity index (χ3n) is 2.00. The minimum absolute atomic E-state index is 0.0489. The molecule has 0 aliphatic heterocycles. The molecule has 0 aliphatic rings. The Hall–Kier alpha value is -2.28. The largest absolute Gasteiger partial charge is 0.484 e. The number of ether oxygens (including phenoxy) is 1. The fourth-order valence-corrected chi connectivity index (χ4v) is 1.15. The lowest BCUT2D eigenvalue weighted by atomic mass is 10.1. The van der Waals surface area contributed by atoms with Gasteiger partial charge in [-0.15, -0.1) is 6.42 Å². The molecule has 0 aliphatic carbocycles. The highest BCUT2D eigenvalue weighted by Crippen LogP contribution is 2.13. The fourth-order valence-electron chi connectivity index (χ4n) is 1.15. The van der Waals surface area contributed by atoms with E-state index in [1.165, 1.54) is 6.92 Å². The van der Waals surface area contributed by atoms with Gasteiger partial charge in [-0.3, -0.25) is 9.59 Å². The smallest absolute Gasteiger partial charge is 0.258 e. The zero-order chi connectivity index (χ0) is 12.7. The molecule has 0 bridgehead atoms.